The highest BCUT2D eigenvalue weighted by molar-refractivity contribution is 5.73. The summed E-state index contributed by atoms with van der Waals surface area (Å²) in [5.41, 5.74) is 0. The van der Waals surface area contributed by atoms with Crippen molar-refractivity contribution in [3.63, 3.8) is 0 Å². The molecule has 18 heavy (non-hydrogen) atoms. The van der Waals surface area contributed by atoms with Gasteiger partial charge in [0.2, 0.25) is 0 Å². The molecule has 0 bridgehead atoms. The summed E-state index contributed by atoms with van der Waals surface area (Å²) in [5.74, 6) is -0.589. The Kier molecular flexibility index (Phi) is 5.98. The first-order valence-electron chi connectivity index (χ1n) is 6.60. The third-order valence-corrected chi connectivity index (χ3v) is 2.96. The number of aliphatic hydroxyl groups excluding tert-OH is 1. The fourth-order valence-electron chi connectivity index (χ4n) is 1.83. The molecule has 0 fully saturated rings. The van der Waals surface area contributed by atoms with Gasteiger partial charge in [-0.2, -0.15) is 0 Å². The molecule has 0 radical (unpaired) electrons. The molecule has 5 heteroatoms. The van der Waals surface area contributed by atoms with Crippen LogP contribution in [0.5, 0.6) is 0 Å². The predicted molar refractivity (Wildman–Crippen MR) is 69.3 cm³/mol. The molecule has 0 aromatic carbocycles. The lowest BCUT2D eigenvalue weighted by Gasteiger charge is -2.29. The van der Waals surface area contributed by atoms with E-state index < -0.39 is 18.4 Å². The predicted octanol–water partition coefficient (Wildman–Crippen LogP) is 1.49. The molecule has 2 atom stereocenters. The molecule has 2 unspecified atom stereocenters. The zero-order valence-electron chi connectivity index (χ0n) is 11.5. The van der Waals surface area contributed by atoms with Gasteiger partial charge in [-0.25, -0.2) is 4.79 Å². The zero-order valence-corrected chi connectivity index (χ0v) is 11.5. The molecule has 104 valence electrons. The summed E-state index contributed by atoms with van der Waals surface area (Å²) in [7, 11) is 1.85. The maximum absolute atomic E-state index is 11.4. The van der Waals surface area contributed by atoms with Crippen molar-refractivity contribution in [1.82, 2.24) is 9.80 Å². The molecule has 1 aliphatic rings. The number of carbonyl (C=O) groups is 1. The van der Waals surface area contributed by atoms with Crippen molar-refractivity contribution in [2.75, 3.05) is 13.6 Å². The smallest absolute Gasteiger partial charge is 0.337 e. The van der Waals surface area contributed by atoms with Crippen LogP contribution in [-0.2, 0) is 9.53 Å². The molecule has 1 aliphatic heterocycles. The van der Waals surface area contributed by atoms with Crippen LogP contribution >= 0.6 is 0 Å². The molecular formula is C13H24N2O3. The molecule has 0 spiro atoms. The van der Waals surface area contributed by atoms with Gasteiger partial charge in [0.15, 0.2) is 0 Å². The fraction of sp³-hybridized carbons (Fsp3) is 0.769. The van der Waals surface area contributed by atoms with E-state index in [4.69, 9.17) is 9.84 Å². The number of ether oxygens (including phenoxy) is 1. The van der Waals surface area contributed by atoms with Gasteiger partial charge in [0.25, 0.3) is 6.35 Å². The minimum atomic E-state index is -1.08. The van der Waals surface area contributed by atoms with Crippen LogP contribution in [-0.4, -0.2) is 46.9 Å². The summed E-state index contributed by atoms with van der Waals surface area (Å²) in [5, 5.41) is 9.17. The van der Waals surface area contributed by atoms with E-state index in [1.54, 1.807) is 0 Å². The van der Waals surface area contributed by atoms with Crippen molar-refractivity contribution in [2.24, 2.45) is 0 Å². The van der Waals surface area contributed by atoms with E-state index in [1.165, 1.54) is 26.2 Å². The van der Waals surface area contributed by atoms with Gasteiger partial charge in [0, 0.05) is 26.0 Å². The van der Waals surface area contributed by atoms with Crippen LogP contribution in [0.4, 0.5) is 0 Å². The highest BCUT2D eigenvalue weighted by atomic mass is 16.6. The van der Waals surface area contributed by atoms with E-state index in [-0.39, 0.29) is 0 Å². The SMILES string of the molecule is CCCCCCN1C=CN(C)C1OC(=O)C(C)O. The van der Waals surface area contributed by atoms with Gasteiger partial charge in [-0.05, 0) is 13.3 Å². The largest absolute Gasteiger partial charge is 0.420 e. The second kappa shape index (κ2) is 7.26. The number of hydrogen-bond donors (Lipinski definition) is 1. The number of unbranched alkanes of at least 4 members (excludes halogenated alkanes) is 3. The third-order valence-electron chi connectivity index (χ3n) is 2.96. The highest BCUT2D eigenvalue weighted by Gasteiger charge is 2.28. The van der Waals surface area contributed by atoms with Crippen LogP contribution in [0.2, 0.25) is 0 Å². The summed E-state index contributed by atoms with van der Waals surface area (Å²) in [4.78, 5) is 15.2. The summed E-state index contributed by atoms with van der Waals surface area (Å²) < 4.78 is 5.26. The van der Waals surface area contributed by atoms with Gasteiger partial charge in [0.05, 0.1) is 0 Å². The van der Waals surface area contributed by atoms with E-state index in [0.717, 1.165) is 13.0 Å². The van der Waals surface area contributed by atoms with Crippen LogP contribution in [0.1, 0.15) is 39.5 Å². The lowest BCUT2D eigenvalue weighted by atomic mass is 10.2. The Balaban J connectivity index is 2.40. The first-order valence-corrected chi connectivity index (χ1v) is 6.60. The van der Waals surface area contributed by atoms with Crippen LogP contribution < -0.4 is 0 Å². The molecule has 1 N–H and O–H groups in total. The summed E-state index contributed by atoms with van der Waals surface area (Å²) >= 11 is 0. The monoisotopic (exact) mass is 256 g/mol. The Hall–Kier alpha value is -1.23. The first kappa shape index (κ1) is 14.8. The third kappa shape index (κ3) is 4.22. The molecular weight excluding hydrogens is 232 g/mol. The number of hydrogen-bond acceptors (Lipinski definition) is 5. The maximum atomic E-state index is 11.4. The molecule has 0 saturated carbocycles. The Morgan fingerprint density at radius 3 is 2.72 bits per heavy atom. The summed E-state index contributed by atoms with van der Waals surface area (Å²) in [6.45, 7) is 4.45. The van der Waals surface area contributed by atoms with E-state index in [9.17, 15) is 4.79 Å². The Morgan fingerprint density at radius 2 is 2.11 bits per heavy atom. The van der Waals surface area contributed by atoms with Crippen molar-refractivity contribution in [1.29, 1.82) is 0 Å². The second-order valence-corrected chi connectivity index (χ2v) is 4.70. The Morgan fingerprint density at radius 1 is 1.39 bits per heavy atom. The van der Waals surface area contributed by atoms with Gasteiger partial charge >= 0.3 is 5.97 Å². The van der Waals surface area contributed by atoms with Crippen molar-refractivity contribution in [2.45, 2.75) is 52.0 Å². The normalized spacial score (nSPS) is 20.3. The minimum absolute atomic E-state index is 0.422. The van der Waals surface area contributed by atoms with Crippen LogP contribution in [0.25, 0.3) is 0 Å². The minimum Gasteiger partial charge on any atom is -0.420 e. The molecule has 1 rings (SSSR count). The van der Waals surface area contributed by atoms with E-state index in [0.29, 0.717) is 0 Å². The number of carbonyl (C=O) groups excluding carboxylic acids is 1. The van der Waals surface area contributed by atoms with Crippen LogP contribution in [0.15, 0.2) is 12.4 Å². The zero-order chi connectivity index (χ0) is 13.5. The average molecular weight is 256 g/mol. The van der Waals surface area contributed by atoms with Gasteiger partial charge < -0.3 is 19.6 Å². The standard InChI is InChI=1S/C13H24N2O3/c1-4-5-6-7-8-15-10-9-14(3)13(15)18-12(17)11(2)16/h9-11,13,16H,4-8H2,1-3H3. The van der Waals surface area contributed by atoms with Gasteiger partial charge in [-0.3, -0.25) is 0 Å². The molecule has 5 nitrogen and oxygen atoms in total. The topological polar surface area (TPSA) is 53.0 Å². The van der Waals surface area contributed by atoms with Crippen molar-refractivity contribution in [3.05, 3.63) is 12.4 Å². The summed E-state index contributed by atoms with van der Waals surface area (Å²) in [6.07, 6.45) is 6.98. The lowest BCUT2D eigenvalue weighted by molar-refractivity contribution is -0.175. The van der Waals surface area contributed by atoms with Crippen LogP contribution in [0, 0.1) is 0 Å². The quantitative estimate of drug-likeness (QED) is 0.552. The highest BCUT2D eigenvalue weighted by Crippen LogP contribution is 2.17. The average Bonchev–Trinajstić information content (AvgIpc) is 2.67. The first-order chi connectivity index (χ1) is 8.56. The molecule has 0 amide bonds. The van der Waals surface area contributed by atoms with Crippen molar-refractivity contribution < 1.29 is 14.6 Å². The van der Waals surface area contributed by atoms with E-state index in [1.807, 2.05) is 29.2 Å². The lowest BCUT2D eigenvalue weighted by Crippen LogP contribution is -2.42. The van der Waals surface area contributed by atoms with Gasteiger partial charge in [0.1, 0.15) is 6.10 Å². The number of rotatable bonds is 7. The Labute approximate surface area is 109 Å². The molecule has 0 aromatic heterocycles. The second-order valence-electron chi connectivity index (χ2n) is 4.70. The number of nitrogens with zero attached hydrogens (tertiary/aromatic N) is 2. The molecule has 0 saturated heterocycles. The number of esters is 1. The number of aliphatic hydroxyl groups is 1. The summed E-state index contributed by atoms with van der Waals surface area (Å²) in [6, 6.07) is 0. The maximum Gasteiger partial charge on any atom is 0.337 e. The van der Waals surface area contributed by atoms with Gasteiger partial charge in [-0.1, -0.05) is 26.2 Å². The molecule has 1 heterocycles. The van der Waals surface area contributed by atoms with E-state index in [2.05, 4.69) is 6.92 Å². The fourth-order valence-corrected chi connectivity index (χ4v) is 1.83. The van der Waals surface area contributed by atoms with E-state index >= 15 is 0 Å². The molecule has 0 aromatic rings. The Bertz CT molecular complexity index is 292. The molecule has 0 aliphatic carbocycles. The van der Waals surface area contributed by atoms with Crippen LogP contribution in [0.3, 0.4) is 0 Å². The van der Waals surface area contributed by atoms with Crippen molar-refractivity contribution >= 4 is 5.97 Å². The van der Waals surface area contributed by atoms with Crippen molar-refractivity contribution in [3.8, 4) is 0 Å². The van der Waals surface area contributed by atoms with Gasteiger partial charge in [-0.15, -0.1) is 0 Å².